The van der Waals surface area contributed by atoms with Gasteiger partial charge in [-0.15, -0.1) is 0 Å². The van der Waals surface area contributed by atoms with Gasteiger partial charge in [-0.2, -0.15) is 0 Å². The Morgan fingerprint density at radius 1 is 1.20 bits per heavy atom. The van der Waals surface area contributed by atoms with E-state index in [9.17, 15) is 18.8 Å². The average molecular weight is 486 g/mol. The van der Waals surface area contributed by atoms with E-state index in [0.29, 0.717) is 18.2 Å². The molecule has 1 aliphatic heterocycles. The van der Waals surface area contributed by atoms with Gasteiger partial charge in [0.2, 0.25) is 5.91 Å². The molecule has 1 amide bonds. The Hall–Kier alpha value is -3.31. The fraction of sp³-hybridized carbons (Fsp3) is 0.500. The van der Waals surface area contributed by atoms with Crippen molar-refractivity contribution < 1.29 is 9.18 Å². The topological polar surface area (TPSA) is 106 Å². The number of nitrogens with one attached hydrogen (secondary N) is 2. The number of aryl methyl sites for hydroxylation is 2. The second kappa shape index (κ2) is 10.5. The van der Waals surface area contributed by atoms with Gasteiger partial charge in [-0.3, -0.25) is 25.0 Å². The lowest BCUT2D eigenvalue weighted by molar-refractivity contribution is -0.130. The second-order valence-corrected chi connectivity index (χ2v) is 9.25. The molecule has 0 aliphatic carbocycles. The number of carbonyl (C=O) groups excluding carboxylic acids is 1. The number of likely N-dealkylation sites (N-methyl/N-ethyl adjacent to an activating group) is 1. The van der Waals surface area contributed by atoms with Crippen molar-refractivity contribution >= 4 is 17.1 Å². The predicted molar refractivity (Wildman–Crippen MR) is 130 cm³/mol. The van der Waals surface area contributed by atoms with Gasteiger partial charge in [0, 0.05) is 39.8 Å². The van der Waals surface area contributed by atoms with Crippen LogP contribution in [0.1, 0.15) is 43.7 Å². The largest absolute Gasteiger partial charge is 0.344 e. The van der Waals surface area contributed by atoms with Crippen molar-refractivity contribution in [2.75, 3.05) is 13.6 Å². The SMILES string of the molecule is CN(CCCCCC1CC(c2cccc(F)c2)NN1)C(=O)Cn1c(=O)c2c(ncn2C)n(C)c1=O. The number of nitrogens with zero attached hydrogens (tertiary/aromatic N) is 5. The third-order valence-electron chi connectivity index (χ3n) is 6.70. The number of hydrogen-bond donors (Lipinski definition) is 2. The molecule has 10 nitrogen and oxygen atoms in total. The van der Waals surface area contributed by atoms with Crippen molar-refractivity contribution in [2.24, 2.45) is 14.1 Å². The van der Waals surface area contributed by atoms with Crippen LogP contribution in [-0.4, -0.2) is 49.1 Å². The number of benzene rings is 1. The molecular weight excluding hydrogens is 453 g/mol. The Balaban J connectivity index is 1.22. The third-order valence-corrected chi connectivity index (χ3v) is 6.70. The van der Waals surface area contributed by atoms with Gasteiger partial charge in [-0.05, 0) is 37.0 Å². The maximum absolute atomic E-state index is 13.5. The highest BCUT2D eigenvalue weighted by molar-refractivity contribution is 5.76. The van der Waals surface area contributed by atoms with Crippen molar-refractivity contribution in [2.45, 2.75) is 50.7 Å². The molecule has 35 heavy (non-hydrogen) atoms. The summed E-state index contributed by atoms with van der Waals surface area (Å²) in [5.74, 6) is -0.514. The van der Waals surface area contributed by atoms with Crippen LogP contribution in [0.2, 0.25) is 0 Å². The molecule has 1 fully saturated rings. The summed E-state index contributed by atoms with van der Waals surface area (Å²) in [6.45, 7) is 0.242. The second-order valence-electron chi connectivity index (χ2n) is 9.25. The maximum atomic E-state index is 13.5. The number of amides is 1. The molecule has 0 saturated carbocycles. The minimum Gasteiger partial charge on any atom is -0.344 e. The van der Waals surface area contributed by atoms with E-state index in [1.54, 1.807) is 35.7 Å². The lowest BCUT2D eigenvalue weighted by Crippen LogP contribution is -2.44. The van der Waals surface area contributed by atoms with E-state index in [1.807, 2.05) is 6.07 Å². The number of carbonyl (C=O) groups is 1. The molecule has 1 saturated heterocycles. The molecule has 0 radical (unpaired) electrons. The summed E-state index contributed by atoms with van der Waals surface area (Å²) in [5.41, 5.74) is 6.99. The van der Waals surface area contributed by atoms with Crippen molar-refractivity contribution in [3.63, 3.8) is 0 Å². The van der Waals surface area contributed by atoms with Crippen LogP contribution >= 0.6 is 0 Å². The van der Waals surface area contributed by atoms with E-state index in [0.717, 1.165) is 42.2 Å². The zero-order chi connectivity index (χ0) is 25.1. The van der Waals surface area contributed by atoms with Gasteiger partial charge in [0.05, 0.1) is 6.33 Å². The van der Waals surface area contributed by atoms with Crippen LogP contribution in [0.4, 0.5) is 4.39 Å². The molecule has 0 spiro atoms. The normalized spacial score (nSPS) is 17.8. The fourth-order valence-corrected chi connectivity index (χ4v) is 4.59. The van der Waals surface area contributed by atoms with Crippen LogP contribution in [-0.2, 0) is 25.4 Å². The zero-order valence-corrected chi connectivity index (χ0v) is 20.3. The maximum Gasteiger partial charge on any atom is 0.332 e. The number of imidazole rings is 1. The Labute approximate surface area is 202 Å². The predicted octanol–water partition coefficient (Wildman–Crippen LogP) is 1.20. The Kier molecular flexibility index (Phi) is 7.46. The van der Waals surface area contributed by atoms with Crippen molar-refractivity contribution in [3.8, 4) is 0 Å². The quantitative estimate of drug-likeness (QED) is 0.441. The first-order valence-electron chi connectivity index (χ1n) is 11.9. The zero-order valence-electron chi connectivity index (χ0n) is 20.3. The molecule has 3 aromatic rings. The smallest absolute Gasteiger partial charge is 0.332 e. The van der Waals surface area contributed by atoms with E-state index >= 15 is 0 Å². The van der Waals surface area contributed by atoms with Gasteiger partial charge in [0.25, 0.3) is 5.56 Å². The minimum absolute atomic E-state index is 0.0983. The highest BCUT2D eigenvalue weighted by atomic mass is 19.1. The molecule has 4 rings (SSSR count). The van der Waals surface area contributed by atoms with Crippen LogP contribution in [0.25, 0.3) is 11.2 Å². The summed E-state index contributed by atoms with van der Waals surface area (Å²) in [7, 11) is 4.90. The van der Waals surface area contributed by atoms with Crippen LogP contribution in [0.15, 0.2) is 40.2 Å². The molecule has 188 valence electrons. The summed E-state index contributed by atoms with van der Waals surface area (Å²) in [6.07, 6.45) is 6.11. The van der Waals surface area contributed by atoms with Crippen molar-refractivity contribution in [1.29, 1.82) is 0 Å². The standard InChI is InChI=1S/C24H32FN7O3/c1-29(20(33)14-32-23(34)21-22(26-15-30(21)2)31(3)24(32)35)11-6-4-5-10-18-13-19(28-27-18)16-8-7-9-17(25)12-16/h7-9,12,15,18-19,27-28H,4-6,10-11,13-14H2,1-3H3. The molecule has 2 N–H and O–H groups in total. The van der Waals surface area contributed by atoms with Gasteiger partial charge in [-0.25, -0.2) is 18.7 Å². The van der Waals surface area contributed by atoms with Gasteiger partial charge in [0.1, 0.15) is 12.4 Å². The first-order valence-corrected chi connectivity index (χ1v) is 11.9. The number of unbranched alkanes of at least 4 members (excludes halogenated alkanes) is 2. The molecule has 11 heteroatoms. The summed E-state index contributed by atoms with van der Waals surface area (Å²) in [6, 6.07) is 7.07. The first kappa shape index (κ1) is 24.8. The average Bonchev–Trinajstić information content (AvgIpc) is 3.47. The van der Waals surface area contributed by atoms with E-state index < -0.39 is 11.2 Å². The van der Waals surface area contributed by atoms with Crippen LogP contribution < -0.4 is 22.1 Å². The van der Waals surface area contributed by atoms with Crippen molar-refractivity contribution in [1.82, 2.24) is 34.4 Å². The number of fused-ring (bicyclic) bond motifs is 1. The number of rotatable bonds is 9. The van der Waals surface area contributed by atoms with Crippen LogP contribution in [0.5, 0.6) is 0 Å². The Morgan fingerprint density at radius 2 is 2.00 bits per heavy atom. The van der Waals surface area contributed by atoms with E-state index in [1.165, 1.54) is 24.0 Å². The number of hydrogen-bond acceptors (Lipinski definition) is 6. The van der Waals surface area contributed by atoms with Gasteiger partial charge < -0.3 is 9.47 Å². The van der Waals surface area contributed by atoms with Crippen molar-refractivity contribution in [3.05, 3.63) is 62.8 Å². The molecular formula is C24H32FN7O3. The Morgan fingerprint density at radius 3 is 2.77 bits per heavy atom. The monoisotopic (exact) mass is 485 g/mol. The molecule has 1 aliphatic rings. The van der Waals surface area contributed by atoms with Gasteiger partial charge in [0.15, 0.2) is 11.2 Å². The molecule has 2 aromatic heterocycles. The summed E-state index contributed by atoms with van der Waals surface area (Å²) in [5, 5.41) is 0. The van der Waals surface area contributed by atoms with E-state index in [4.69, 9.17) is 0 Å². The summed E-state index contributed by atoms with van der Waals surface area (Å²) < 4.78 is 17.3. The number of halogens is 1. The summed E-state index contributed by atoms with van der Waals surface area (Å²) >= 11 is 0. The lowest BCUT2D eigenvalue weighted by atomic mass is 9.99. The first-order chi connectivity index (χ1) is 16.8. The molecule has 2 unspecified atom stereocenters. The highest BCUT2D eigenvalue weighted by Gasteiger charge is 2.24. The van der Waals surface area contributed by atoms with Gasteiger partial charge in [-0.1, -0.05) is 25.0 Å². The third kappa shape index (κ3) is 5.35. The van der Waals surface area contributed by atoms with E-state index in [-0.39, 0.29) is 29.8 Å². The minimum atomic E-state index is -0.558. The van der Waals surface area contributed by atoms with E-state index in [2.05, 4.69) is 15.8 Å². The highest BCUT2D eigenvalue weighted by Crippen LogP contribution is 2.25. The van der Waals surface area contributed by atoms with Crippen LogP contribution in [0, 0.1) is 5.82 Å². The number of hydrazine groups is 1. The molecule has 3 heterocycles. The summed E-state index contributed by atoms with van der Waals surface area (Å²) in [4.78, 5) is 43.8. The molecule has 2 atom stereocenters. The van der Waals surface area contributed by atoms with Crippen LogP contribution in [0.3, 0.4) is 0 Å². The lowest BCUT2D eigenvalue weighted by Gasteiger charge is -2.18. The number of aromatic nitrogens is 4. The Bertz CT molecular complexity index is 1330. The fourth-order valence-electron chi connectivity index (χ4n) is 4.59. The van der Waals surface area contributed by atoms with Gasteiger partial charge >= 0.3 is 5.69 Å². The molecule has 0 bridgehead atoms. The molecule has 1 aromatic carbocycles.